The maximum atomic E-state index is 11.7. The van der Waals surface area contributed by atoms with Crippen LogP contribution in [0, 0.1) is 6.92 Å². The number of hydrogen-bond acceptors (Lipinski definition) is 8. The molecule has 38 heavy (non-hydrogen) atoms. The van der Waals surface area contributed by atoms with E-state index in [4.69, 9.17) is 9.47 Å². The van der Waals surface area contributed by atoms with Crippen molar-refractivity contribution in [3.05, 3.63) is 66.9 Å². The van der Waals surface area contributed by atoms with Gasteiger partial charge in [0.05, 0.1) is 18.2 Å². The number of ether oxygens (including phenoxy) is 2. The van der Waals surface area contributed by atoms with Crippen molar-refractivity contribution >= 4 is 40.0 Å². The van der Waals surface area contributed by atoms with Gasteiger partial charge in [-0.2, -0.15) is 9.97 Å². The van der Waals surface area contributed by atoms with Crippen LogP contribution < -0.4 is 25.0 Å². The first kappa shape index (κ1) is 25.1. The molecular formula is C28H31N7O3. The molecule has 10 nitrogen and oxygen atoms in total. The number of nitrogens with zero attached hydrogens (tertiary/aromatic N) is 4. The van der Waals surface area contributed by atoms with Gasteiger partial charge in [-0.3, -0.25) is 4.79 Å². The van der Waals surface area contributed by atoms with Crippen molar-refractivity contribution in [2.75, 3.05) is 55.9 Å². The number of carbonyl (C=O) groups is 1. The highest BCUT2D eigenvalue weighted by Crippen LogP contribution is 2.35. The Hall–Kier alpha value is -4.57. The minimum atomic E-state index is -0.299. The number of aromatic amines is 1. The Bertz CT molecular complexity index is 1470. The van der Waals surface area contributed by atoms with Crippen LogP contribution in [0.25, 0.3) is 11.0 Å². The van der Waals surface area contributed by atoms with E-state index in [-0.39, 0.29) is 5.91 Å². The maximum Gasteiger partial charge on any atom is 0.247 e. The first-order valence-electron chi connectivity index (χ1n) is 12.4. The molecule has 5 rings (SSSR count). The Morgan fingerprint density at radius 3 is 2.71 bits per heavy atom. The molecule has 0 aliphatic carbocycles. The van der Waals surface area contributed by atoms with E-state index in [1.54, 1.807) is 31.4 Å². The van der Waals surface area contributed by atoms with E-state index in [1.807, 2.05) is 25.3 Å². The van der Waals surface area contributed by atoms with Crippen LogP contribution in [0.1, 0.15) is 5.56 Å². The van der Waals surface area contributed by atoms with Gasteiger partial charge in [-0.15, -0.1) is 0 Å². The van der Waals surface area contributed by atoms with Crippen molar-refractivity contribution in [1.82, 2.24) is 19.9 Å². The predicted molar refractivity (Wildman–Crippen MR) is 150 cm³/mol. The van der Waals surface area contributed by atoms with E-state index in [0.717, 1.165) is 48.5 Å². The highest BCUT2D eigenvalue weighted by molar-refractivity contribution is 5.99. The first-order chi connectivity index (χ1) is 18.4. The number of H-pyrrole nitrogens is 1. The molecule has 1 aliphatic rings. The summed E-state index contributed by atoms with van der Waals surface area (Å²) >= 11 is 0. The quantitative estimate of drug-likeness (QED) is 0.291. The Labute approximate surface area is 221 Å². The molecule has 1 amide bonds. The van der Waals surface area contributed by atoms with Crippen LogP contribution in [0.3, 0.4) is 0 Å². The van der Waals surface area contributed by atoms with Gasteiger partial charge in [0, 0.05) is 55.9 Å². The molecule has 0 saturated carbocycles. The van der Waals surface area contributed by atoms with Gasteiger partial charge in [-0.1, -0.05) is 12.6 Å². The normalized spacial score (nSPS) is 13.8. The largest absolute Gasteiger partial charge is 0.494 e. The highest BCUT2D eigenvalue weighted by atomic mass is 16.5. The second-order valence-corrected chi connectivity index (χ2v) is 9.17. The molecule has 0 spiro atoms. The van der Waals surface area contributed by atoms with E-state index >= 15 is 0 Å². The van der Waals surface area contributed by atoms with Gasteiger partial charge in [0.25, 0.3) is 0 Å². The molecule has 10 heteroatoms. The third-order valence-corrected chi connectivity index (χ3v) is 6.50. The summed E-state index contributed by atoms with van der Waals surface area (Å²) in [5, 5.41) is 6.80. The number of piperazine rings is 1. The molecule has 4 aromatic rings. The Morgan fingerprint density at radius 2 is 1.95 bits per heavy atom. The number of methoxy groups -OCH3 is 1. The second kappa shape index (κ2) is 10.8. The number of aromatic nitrogens is 3. The molecule has 1 saturated heterocycles. The fourth-order valence-corrected chi connectivity index (χ4v) is 4.39. The second-order valence-electron chi connectivity index (χ2n) is 9.17. The number of fused-ring (bicyclic) bond motifs is 1. The van der Waals surface area contributed by atoms with Crippen LogP contribution in [-0.2, 0) is 4.79 Å². The summed E-state index contributed by atoms with van der Waals surface area (Å²) in [6, 6.07) is 13.2. The van der Waals surface area contributed by atoms with Gasteiger partial charge in [-0.25, -0.2) is 0 Å². The van der Waals surface area contributed by atoms with Crippen LogP contribution in [0.5, 0.6) is 17.4 Å². The summed E-state index contributed by atoms with van der Waals surface area (Å²) < 4.78 is 11.9. The Balaban J connectivity index is 1.43. The molecule has 1 aliphatic heterocycles. The number of rotatable bonds is 8. The fourth-order valence-electron chi connectivity index (χ4n) is 4.39. The minimum Gasteiger partial charge on any atom is -0.494 e. The van der Waals surface area contributed by atoms with Crippen LogP contribution >= 0.6 is 0 Å². The smallest absolute Gasteiger partial charge is 0.247 e. The summed E-state index contributed by atoms with van der Waals surface area (Å²) in [6.07, 6.45) is 3.08. The molecule has 3 N–H and O–H groups in total. The molecule has 196 valence electrons. The van der Waals surface area contributed by atoms with E-state index in [1.165, 1.54) is 6.08 Å². The molecule has 0 atom stereocenters. The van der Waals surface area contributed by atoms with E-state index < -0.39 is 0 Å². The molecule has 2 aromatic carbocycles. The number of benzene rings is 2. The van der Waals surface area contributed by atoms with Crippen LogP contribution in [-0.4, -0.2) is 66.1 Å². The molecule has 3 heterocycles. The van der Waals surface area contributed by atoms with Crippen molar-refractivity contribution in [2.45, 2.75) is 6.92 Å². The van der Waals surface area contributed by atoms with E-state index in [2.05, 4.69) is 55.1 Å². The number of nitrogens with one attached hydrogen (secondary N) is 3. The van der Waals surface area contributed by atoms with E-state index in [0.29, 0.717) is 34.7 Å². The maximum absolute atomic E-state index is 11.7. The summed E-state index contributed by atoms with van der Waals surface area (Å²) in [5.74, 6) is 1.66. The van der Waals surface area contributed by atoms with E-state index in [9.17, 15) is 4.79 Å². The number of hydrogen-bond donors (Lipinski definition) is 3. The number of carbonyl (C=O) groups excluding carboxylic acids is 1. The average Bonchev–Trinajstić information content (AvgIpc) is 3.30. The van der Waals surface area contributed by atoms with Crippen LogP contribution in [0.4, 0.5) is 23.0 Å². The topological polar surface area (TPSA) is 108 Å². The Morgan fingerprint density at radius 1 is 1.13 bits per heavy atom. The number of amides is 1. The zero-order chi connectivity index (χ0) is 26.6. The average molecular weight is 514 g/mol. The first-order valence-corrected chi connectivity index (χ1v) is 12.4. The lowest BCUT2D eigenvalue weighted by molar-refractivity contribution is -0.111. The number of anilines is 4. The van der Waals surface area contributed by atoms with Gasteiger partial charge >= 0.3 is 0 Å². The lowest BCUT2D eigenvalue weighted by atomic mass is 10.2. The number of aryl methyl sites for hydroxylation is 1. The third-order valence-electron chi connectivity index (χ3n) is 6.50. The van der Waals surface area contributed by atoms with Crippen LogP contribution in [0.15, 0.2) is 61.3 Å². The van der Waals surface area contributed by atoms with Gasteiger partial charge < -0.3 is 34.9 Å². The number of likely N-dealkylation sites (N-methyl/N-ethyl adjacent to an activating group) is 1. The molecule has 0 bridgehead atoms. The minimum absolute atomic E-state index is 0.299. The standard InChI is InChI=1S/C28H31N7O3/c1-5-24(36)30-19-7-6-8-21(15-19)38-27-25-18(2)17-29-26(25)32-28(33-27)31-22-10-9-20(16-23(22)37-4)35-13-11-34(3)12-14-35/h5-10,15-17H,1,11-14H2,2-4H3,(H,30,36)(H2,29,31,32,33). The lowest BCUT2D eigenvalue weighted by Crippen LogP contribution is -2.44. The fraction of sp³-hybridized carbons (Fsp3) is 0.250. The van der Waals surface area contributed by atoms with Crippen LogP contribution in [0.2, 0.25) is 0 Å². The van der Waals surface area contributed by atoms with Crippen molar-refractivity contribution < 1.29 is 14.3 Å². The zero-order valence-corrected chi connectivity index (χ0v) is 21.7. The zero-order valence-electron chi connectivity index (χ0n) is 21.7. The lowest BCUT2D eigenvalue weighted by Gasteiger charge is -2.34. The monoisotopic (exact) mass is 513 g/mol. The summed E-state index contributed by atoms with van der Waals surface area (Å²) in [7, 11) is 3.79. The predicted octanol–water partition coefficient (Wildman–Crippen LogP) is 4.69. The third kappa shape index (κ3) is 5.40. The van der Waals surface area contributed by atoms with Crippen molar-refractivity contribution in [1.29, 1.82) is 0 Å². The molecule has 1 fully saturated rings. The van der Waals surface area contributed by atoms with Crippen molar-refractivity contribution in [3.63, 3.8) is 0 Å². The molecule has 0 radical (unpaired) electrons. The highest BCUT2D eigenvalue weighted by Gasteiger charge is 2.18. The summed E-state index contributed by atoms with van der Waals surface area (Å²) in [4.78, 5) is 28.9. The van der Waals surface area contributed by atoms with Gasteiger partial charge in [0.15, 0.2) is 0 Å². The summed E-state index contributed by atoms with van der Waals surface area (Å²) in [6.45, 7) is 9.44. The SMILES string of the molecule is C=CC(=O)Nc1cccc(Oc2nc(Nc3ccc(N4CCN(C)CC4)cc3OC)nc3[nH]cc(C)c23)c1. The molecule has 0 unspecified atom stereocenters. The Kier molecular flexibility index (Phi) is 7.14. The molecule has 2 aromatic heterocycles. The van der Waals surface area contributed by atoms with Gasteiger partial charge in [0.1, 0.15) is 17.1 Å². The van der Waals surface area contributed by atoms with Crippen molar-refractivity contribution in [3.8, 4) is 17.4 Å². The molecular weight excluding hydrogens is 482 g/mol. The van der Waals surface area contributed by atoms with Crippen molar-refractivity contribution in [2.24, 2.45) is 0 Å². The summed E-state index contributed by atoms with van der Waals surface area (Å²) in [5.41, 5.74) is 4.04. The van der Waals surface area contributed by atoms with Gasteiger partial charge in [-0.05, 0) is 49.9 Å². The van der Waals surface area contributed by atoms with Gasteiger partial charge in [0.2, 0.25) is 17.7 Å².